The van der Waals surface area contributed by atoms with Gasteiger partial charge >= 0.3 is 0 Å². The molecule has 1 saturated carbocycles. The van der Waals surface area contributed by atoms with Crippen molar-refractivity contribution in [3.8, 4) is 6.07 Å². The molecule has 1 heterocycles. The molecule has 0 bridgehead atoms. The Bertz CT molecular complexity index is 702. The molecule has 1 aromatic heterocycles. The topological polar surface area (TPSA) is 68.9 Å². The number of benzene rings is 1. The third kappa shape index (κ3) is 1.91. The molecule has 1 aliphatic carbocycles. The van der Waals surface area contributed by atoms with Gasteiger partial charge in [-0.2, -0.15) is 5.26 Å². The predicted octanol–water partition coefficient (Wildman–Crippen LogP) is 2.68. The quantitative estimate of drug-likeness (QED) is 0.877. The first-order valence-corrected chi connectivity index (χ1v) is 6.77. The van der Waals surface area contributed by atoms with E-state index in [1.165, 1.54) is 0 Å². The van der Waals surface area contributed by atoms with E-state index in [0.717, 1.165) is 10.9 Å². The summed E-state index contributed by atoms with van der Waals surface area (Å²) in [6.07, 6.45) is 0.430. The number of aliphatic hydroxyl groups excluding tert-OH is 1. The SMILES string of the molecule is CC1(C)C(O)CC1Nc1cc(C#N)c2ccccc2n1. The molecule has 0 saturated heterocycles. The van der Waals surface area contributed by atoms with E-state index in [0.29, 0.717) is 17.8 Å². The Balaban J connectivity index is 1.96. The van der Waals surface area contributed by atoms with Crippen LogP contribution in [0.25, 0.3) is 10.9 Å². The van der Waals surface area contributed by atoms with Crippen LogP contribution in [0.1, 0.15) is 25.8 Å². The Morgan fingerprint density at radius 2 is 2.15 bits per heavy atom. The van der Waals surface area contributed by atoms with E-state index < -0.39 is 0 Å². The van der Waals surface area contributed by atoms with E-state index in [9.17, 15) is 10.4 Å². The van der Waals surface area contributed by atoms with Crippen LogP contribution in [0, 0.1) is 16.7 Å². The second-order valence-corrected chi connectivity index (χ2v) is 5.95. The zero-order valence-corrected chi connectivity index (χ0v) is 11.6. The van der Waals surface area contributed by atoms with Crippen LogP contribution in [-0.4, -0.2) is 22.2 Å². The summed E-state index contributed by atoms with van der Waals surface area (Å²) in [5.74, 6) is 0.699. The first-order valence-electron chi connectivity index (χ1n) is 6.77. The predicted molar refractivity (Wildman–Crippen MR) is 78.3 cm³/mol. The number of pyridine rings is 1. The molecule has 1 aliphatic rings. The van der Waals surface area contributed by atoms with Gasteiger partial charge in [0.05, 0.1) is 23.3 Å². The zero-order valence-electron chi connectivity index (χ0n) is 11.6. The van der Waals surface area contributed by atoms with Gasteiger partial charge in [0, 0.05) is 16.8 Å². The molecule has 20 heavy (non-hydrogen) atoms. The summed E-state index contributed by atoms with van der Waals surface area (Å²) >= 11 is 0. The van der Waals surface area contributed by atoms with Crippen LogP contribution in [0.4, 0.5) is 5.82 Å². The number of rotatable bonds is 2. The number of hydrogen-bond donors (Lipinski definition) is 2. The van der Waals surface area contributed by atoms with Gasteiger partial charge < -0.3 is 10.4 Å². The third-order valence-corrected chi connectivity index (χ3v) is 4.37. The molecule has 1 aromatic carbocycles. The fourth-order valence-corrected chi connectivity index (χ4v) is 2.67. The summed E-state index contributed by atoms with van der Waals surface area (Å²) in [5, 5.41) is 23.3. The number of hydrogen-bond acceptors (Lipinski definition) is 4. The Kier molecular flexibility index (Phi) is 2.88. The van der Waals surface area contributed by atoms with Crippen molar-refractivity contribution in [2.24, 2.45) is 5.41 Å². The minimum absolute atomic E-state index is 0.167. The van der Waals surface area contributed by atoms with Gasteiger partial charge in [0.25, 0.3) is 0 Å². The summed E-state index contributed by atoms with van der Waals surface area (Å²) in [6, 6.07) is 11.8. The average molecular weight is 267 g/mol. The summed E-state index contributed by atoms with van der Waals surface area (Å²) < 4.78 is 0. The molecule has 0 aliphatic heterocycles. The molecule has 0 amide bonds. The second kappa shape index (κ2) is 4.46. The van der Waals surface area contributed by atoms with E-state index in [1.54, 1.807) is 6.07 Å². The minimum Gasteiger partial charge on any atom is -0.392 e. The van der Waals surface area contributed by atoms with Gasteiger partial charge in [-0.25, -0.2) is 4.98 Å². The maximum Gasteiger partial charge on any atom is 0.128 e. The molecule has 2 N–H and O–H groups in total. The Morgan fingerprint density at radius 1 is 1.40 bits per heavy atom. The van der Waals surface area contributed by atoms with Crippen molar-refractivity contribution in [2.45, 2.75) is 32.4 Å². The van der Waals surface area contributed by atoms with Gasteiger partial charge in [-0.05, 0) is 18.6 Å². The minimum atomic E-state index is -0.282. The summed E-state index contributed by atoms with van der Waals surface area (Å²) in [7, 11) is 0. The van der Waals surface area contributed by atoms with Crippen LogP contribution >= 0.6 is 0 Å². The smallest absolute Gasteiger partial charge is 0.128 e. The van der Waals surface area contributed by atoms with Crippen LogP contribution in [0.15, 0.2) is 30.3 Å². The monoisotopic (exact) mass is 267 g/mol. The highest BCUT2D eigenvalue weighted by Gasteiger charge is 2.47. The number of aliphatic hydroxyl groups is 1. The molecular formula is C16H17N3O. The third-order valence-electron chi connectivity index (χ3n) is 4.37. The first kappa shape index (κ1) is 12.9. The maximum absolute atomic E-state index is 9.78. The number of anilines is 1. The Labute approximate surface area is 118 Å². The summed E-state index contributed by atoms with van der Waals surface area (Å²) in [6.45, 7) is 4.07. The van der Waals surface area contributed by atoms with E-state index in [1.807, 2.05) is 38.1 Å². The first-order chi connectivity index (χ1) is 9.52. The molecule has 4 heteroatoms. The van der Waals surface area contributed by atoms with Crippen molar-refractivity contribution in [2.75, 3.05) is 5.32 Å². The van der Waals surface area contributed by atoms with Gasteiger partial charge in [0.1, 0.15) is 5.82 Å². The number of nitriles is 1. The fraction of sp³-hybridized carbons (Fsp3) is 0.375. The fourth-order valence-electron chi connectivity index (χ4n) is 2.67. The Morgan fingerprint density at radius 3 is 2.80 bits per heavy atom. The zero-order chi connectivity index (χ0) is 14.3. The van der Waals surface area contributed by atoms with Gasteiger partial charge in [0.15, 0.2) is 0 Å². The molecule has 1 fully saturated rings. The lowest BCUT2D eigenvalue weighted by molar-refractivity contribution is -0.0511. The molecular weight excluding hydrogens is 250 g/mol. The number of nitrogens with one attached hydrogen (secondary N) is 1. The van der Waals surface area contributed by atoms with Crippen LogP contribution in [0.5, 0.6) is 0 Å². The van der Waals surface area contributed by atoms with Gasteiger partial charge in [-0.15, -0.1) is 0 Å². The van der Waals surface area contributed by atoms with Gasteiger partial charge in [0.2, 0.25) is 0 Å². The van der Waals surface area contributed by atoms with Crippen molar-refractivity contribution in [1.29, 1.82) is 5.26 Å². The molecule has 0 radical (unpaired) electrons. The van der Waals surface area contributed by atoms with E-state index in [-0.39, 0.29) is 17.6 Å². The van der Waals surface area contributed by atoms with E-state index >= 15 is 0 Å². The lowest BCUT2D eigenvalue weighted by Crippen LogP contribution is -2.57. The standard InChI is InChI=1S/C16H17N3O/c1-16(2)13(8-14(16)20)19-15-7-10(9-17)11-5-3-4-6-12(11)18-15/h3-7,13-14,20H,8H2,1-2H3,(H,18,19). The number of fused-ring (bicyclic) bond motifs is 1. The molecule has 102 valence electrons. The molecule has 2 atom stereocenters. The highest BCUT2D eigenvalue weighted by molar-refractivity contribution is 5.86. The van der Waals surface area contributed by atoms with Crippen molar-refractivity contribution < 1.29 is 5.11 Å². The van der Waals surface area contributed by atoms with Gasteiger partial charge in [-0.3, -0.25) is 0 Å². The van der Waals surface area contributed by atoms with Gasteiger partial charge in [-0.1, -0.05) is 32.0 Å². The van der Waals surface area contributed by atoms with Crippen LogP contribution < -0.4 is 5.32 Å². The van der Waals surface area contributed by atoms with Crippen LogP contribution in [-0.2, 0) is 0 Å². The lowest BCUT2D eigenvalue weighted by Gasteiger charge is -2.49. The van der Waals surface area contributed by atoms with Crippen molar-refractivity contribution in [3.63, 3.8) is 0 Å². The van der Waals surface area contributed by atoms with E-state index in [2.05, 4.69) is 16.4 Å². The molecule has 3 rings (SSSR count). The van der Waals surface area contributed by atoms with Crippen molar-refractivity contribution in [3.05, 3.63) is 35.9 Å². The van der Waals surface area contributed by atoms with E-state index in [4.69, 9.17) is 0 Å². The lowest BCUT2D eigenvalue weighted by atomic mass is 9.64. The normalized spacial score (nSPS) is 23.9. The average Bonchev–Trinajstić information content (AvgIpc) is 2.46. The summed E-state index contributed by atoms with van der Waals surface area (Å²) in [4.78, 5) is 4.55. The van der Waals surface area contributed by atoms with Crippen LogP contribution in [0.2, 0.25) is 0 Å². The molecule has 2 unspecified atom stereocenters. The number of para-hydroxylation sites is 1. The van der Waals surface area contributed by atoms with Crippen LogP contribution in [0.3, 0.4) is 0 Å². The molecule has 2 aromatic rings. The van der Waals surface area contributed by atoms with Crippen molar-refractivity contribution >= 4 is 16.7 Å². The van der Waals surface area contributed by atoms with Crippen molar-refractivity contribution in [1.82, 2.24) is 4.98 Å². The largest absolute Gasteiger partial charge is 0.392 e. The highest BCUT2D eigenvalue weighted by Crippen LogP contribution is 2.42. The molecule has 4 nitrogen and oxygen atoms in total. The highest BCUT2D eigenvalue weighted by atomic mass is 16.3. The second-order valence-electron chi connectivity index (χ2n) is 5.95. The summed E-state index contributed by atoms with van der Waals surface area (Å²) in [5.41, 5.74) is 1.27. The number of nitrogens with zero attached hydrogens (tertiary/aromatic N) is 2. The number of aromatic nitrogens is 1. The maximum atomic E-state index is 9.78. The Hall–Kier alpha value is -2.12. The molecule has 0 spiro atoms.